The third-order valence-electron chi connectivity index (χ3n) is 3.04. The summed E-state index contributed by atoms with van der Waals surface area (Å²) in [5, 5.41) is 9.14. The maximum absolute atomic E-state index is 13.6. The van der Waals surface area contributed by atoms with Gasteiger partial charge in [-0.05, 0) is 36.2 Å². The van der Waals surface area contributed by atoms with Gasteiger partial charge in [0.15, 0.2) is 11.6 Å². The Morgan fingerprint density at radius 2 is 2.05 bits per heavy atom. The fourth-order valence-corrected chi connectivity index (χ4v) is 1.97. The topological polar surface area (TPSA) is 55.8 Å². The summed E-state index contributed by atoms with van der Waals surface area (Å²) in [6.45, 7) is 1.84. The standard InChI is InChI=1S/C16H15FO4/c1-10-4-3-5-12(16(18)19)15(10)21-9-11-6-7-14(20-2)13(17)8-11/h3-8H,9H2,1-2H3,(H,18,19). The molecule has 2 aromatic rings. The van der Waals surface area contributed by atoms with Gasteiger partial charge in [-0.15, -0.1) is 0 Å². The summed E-state index contributed by atoms with van der Waals surface area (Å²) >= 11 is 0. The maximum atomic E-state index is 13.6. The summed E-state index contributed by atoms with van der Waals surface area (Å²) in [6.07, 6.45) is 0. The molecule has 0 radical (unpaired) electrons. The number of carboxylic acid groups (broad SMARTS) is 1. The first kappa shape index (κ1) is 14.8. The highest BCUT2D eigenvalue weighted by atomic mass is 19.1. The van der Waals surface area contributed by atoms with Crippen LogP contribution in [0.1, 0.15) is 21.5 Å². The fraction of sp³-hybridized carbons (Fsp3) is 0.188. The van der Waals surface area contributed by atoms with Crippen molar-refractivity contribution in [3.63, 3.8) is 0 Å². The second-order valence-electron chi connectivity index (χ2n) is 4.51. The molecular formula is C16H15FO4. The predicted molar refractivity (Wildman–Crippen MR) is 75.4 cm³/mol. The number of ether oxygens (including phenoxy) is 2. The minimum Gasteiger partial charge on any atom is -0.494 e. The smallest absolute Gasteiger partial charge is 0.339 e. The molecule has 0 fully saturated rings. The van der Waals surface area contributed by atoms with Crippen LogP contribution in [-0.4, -0.2) is 18.2 Å². The molecule has 0 aliphatic carbocycles. The Kier molecular flexibility index (Phi) is 4.42. The summed E-state index contributed by atoms with van der Waals surface area (Å²) in [5.74, 6) is -1.10. The molecule has 0 saturated carbocycles. The second-order valence-corrected chi connectivity index (χ2v) is 4.51. The molecule has 21 heavy (non-hydrogen) atoms. The van der Waals surface area contributed by atoms with Gasteiger partial charge < -0.3 is 14.6 Å². The molecule has 0 unspecified atom stereocenters. The van der Waals surface area contributed by atoms with E-state index in [4.69, 9.17) is 14.6 Å². The first-order chi connectivity index (χ1) is 10.0. The number of halogens is 1. The van der Waals surface area contributed by atoms with E-state index in [0.717, 1.165) is 0 Å². The number of hydrogen-bond donors (Lipinski definition) is 1. The third-order valence-corrected chi connectivity index (χ3v) is 3.04. The molecule has 0 spiro atoms. The van der Waals surface area contributed by atoms with Crippen molar-refractivity contribution in [3.05, 3.63) is 58.9 Å². The van der Waals surface area contributed by atoms with E-state index < -0.39 is 11.8 Å². The first-order valence-electron chi connectivity index (χ1n) is 6.31. The molecule has 0 aromatic heterocycles. The molecule has 0 aliphatic heterocycles. The second kappa shape index (κ2) is 6.26. The normalized spacial score (nSPS) is 10.2. The van der Waals surface area contributed by atoms with Crippen molar-refractivity contribution in [2.75, 3.05) is 7.11 Å². The number of carbonyl (C=O) groups is 1. The van der Waals surface area contributed by atoms with Crippen molar-refractivity contribution in [3.8, 4) is 11.5 Å². The van der Waals surface area contributed by atoms with Gasteiger partial charge in [-0.2, -0.15) is 0 Å². The van der Waals surface area contributed by atoms with Gasteiger partial charge in [0.25, 0.3) is 0 Å². The minimum absolute atomic E-state index is 0.0754. The third kappa shape index (κ3) is 3.31. The number of benzene rings is 2. The lowest BCUT2D eigenvalue weighted by Gasteiger charge is -2.12. The van der Waals surface area contributed by atoms with Crippen molar-refractivity contribution in [1.82, 2.24) is 0 Å². The molecule has 4 nitrogen and oxygen atoms in total. The van der Waals surface area contributed by atoms with Crippen LogP contribution >= 0.6 is 0 Å². The van der Waals surface area contributed by atoms with Crippen LogP contribution in [0.4, 0.5) is 4.39 Å². The van der Waals surface area contributed by atoms with Crippen LogP contribution in [0.3, 0.4) is 0 Å². The summed E-state index contributed by atoms with van der Waals surface area (Å²) in [4.78, 5) is 11.2. The van der Waals surface area contributed by atoms with E-state index in [9.17, 15) is 9.18 Å². The Labute approximate surface area is 121 Å². The van der Waals surface area contributed by atoms with Crippen LogP contribution < -0.4 is 9.47 Å². The van der Waals surface area contributed by atoms with E-state index in [1.165, 1.54) is 25.3 Å². The Balaban J connectivity index is 2.20. The molecule has 0 saturated heterocycles. The summed E-state index contributed by atoms with van der Waals surface area (Å²) in [7, 11) is 1.39. The van der Waals surface area contributed by atoms with Crippen LogP contribution in [0, 0.1) is 12.7 Å². The minimum atomic E-state index is -1.06. The Morgan fingerprint density at radius 3 is 2.67 bits per heavy atom. The van der Waals surface area contributed by atoms with E-state index >= 15 is 0 Å². The number of aromatic carboxylic acids is 1. The number of carboxylic acids is 1. The van der Waals surface area contributed by atoms with E-state index in [0.29, 0.717) is 16.9 Å². The van der Waals surface area contributed by atoms with Gasteiger partial charge in [-0.1, -0.05) is 18.2 Å². The maximum Gasteiger partial charge on any atom is 0.339 e. The van der Waals surface area contributed by atoms with Crippen molar-refractivity contribution in [1.29, 1.82) is 0 Å². The van der Waals surface area contributed by atoms with Crippen LogP contribution in [-0.2, 0) is 6.61 Å². The molecule has 0 amide bonds. The Morgan fingerprint density at radius 1 is 1.29 bits per heavy atom. The van der Waals surface area contributed by atoms with E-state index in [1.807, 2.05) is 0 Å². The number of rotatable bonds is 5. The lowest BCUT2D eigenvalue weighted by molar-refractivity contribution is 0.0691. The fourth-order valence-electron chi connectivity index (χ4n) is 1.97. The van der Waals surface area contributed by atoms with Crippen molar-refractivity contribution in [2.45, 2.75) is 13.5 Å². The highest BCUT2D eigenvalue weighted by Crippen LogP contribution is 2.25. The van der Waals surface area contributed by atoms with Crippen molar-refractivity contribution < 1.29 is 23.8 Å². The van der Waals surface area contributed by atoms with E-state index in [2.05, 4.69) is 0 Å². The molecule has 0 bridgehead atoms. The number of methoxy groups -OCH3 is 1. The van der Waals surface area contributed by atoms with E-state index in [-0.39, 0.29) is 17.9 Å². The number of hydrogen-bond acceptors (Lipinski definition) is 3. The monoisotopic (exact) mass is 290 g/mol. The summed E-state index contributed by atoms with van der Waals surface area (Å²) in [6, 6.07) is 9.36. The van der Waals surface area contributed by atoms with Gasteiger partial charge in [-0.3, -0.25) is 0 Å². The molecule has 110 valence electrons. The molecule has 0 heterocycles. The van der Waals surface area contributed by atoms with Gasteiger partial charge in [0, 0.05) is 0 Å². The highest BCUT2D eigenvalue weighted by molar-refractivity contribution is 5.91. The van der Waals surface area contributed by atoms with Crippen LogP contribution in [0.2, 0.25) is 0 Å². The van der Waals surface area contributed by atoms with E-state index in [1.54, 1.807) is 25.1 Å². The average Bonchev–Trinajstić information content (AvgIpc) is 2.45. The largest absolute Gasteiger partial charge is 0.494 e. The molecule has 2 rings (SSSR count). The lowest BCUT2D eigenvalue weighted by atomic mass is 10.1. The summed E-state index contributed by atoms with van der Waals surface area (Å²) < 4.78 is 24.0. The number of para-hydroxylation sites is 1. The molecular weight excluding hydrogens is 275 g/mol. The van der Waals surface area contributed by atoms with Gasteiger partial charge in [0.2, 0.25) is 0 Å². The average molecular weight is 290 g/mol. The highest BCUT2D eigenvalue weighted by Gasteiger charge is 2.13. The summed E-state index contributed by atoms with van der Waals surface area (Å²) in [5.41, 5.74) is 1.39. The van der Waals surface area contributed by atoms with Crippen molar-refractivity contribution >= 4 is 5.97 Å². The molecule has 2 aromatic carbocycles. The van der Waals surface area contributed by atoms with Crippen LogP contribution in [0.5, 0.6) is 11.5 Å². The van der Waals surface area contributed by atoms with Gasteiger partial charge in [-0.25, -0.2) is 9.18 Å². The van der Waals surface area contributed by atoms with Crippen LogP contribution in [0.15, 0.2) is 36.4 Å². The Bertz CT molecular complexity index is 667. The SMILES string of the molecule is COc1ccc(COc2c(C)cccc2C(=O)O)cc1F. The first-order valence-corrected chi connectivity index (χ1v) is 6.31. The van der Waals surface area contributed by atoms with Gasteiger partial charge in [0.05, 0.1) is 7.11 Å². The zero-order chi connectivity index (χ0) is 15.4. The zero-order valence-corrected chi connectivity index (χ0v) is 11.7. The molecule has 0 atom stereocenters. The van der Waals surface area contributed by atoms with Gasteiger partial charge >= 0.3 is 5.97 Å². The zero-order valence-electron chi connectivity index (χ0n) is 11.7. The Hall–Kier alpha value is -2.56. The molecule has 0 aliphatic rings. The van der Waals surface area contributed by atoms with Gasteiger partial charge in [0.1, 0.15) is 17.9 Å². The molecule has 1 N–H and O–H groups in total. The number of aryl methyl sites for hydroxylation is 1. The quantitative estimate of drug-likeness (QED) is 0.916. The van der Waals surface area contributed by atoms with Crippen LogP contribution in [0.25, 0.3) is 0 Å². The predicted octanol–water partition coefficient (Wildman–Crippen LogP) is 3.42. The van der Waals surface area contributed by atoms with Crippen molar-refractivity contribution in [2.24, 2.45) is 0 Å². The lowest BCUT2D eigenvalue weighted by Crippen LogP contribution is -2.05. The molecule has 5 heteroatoms.